The van der Waals surface area contributed by atoms with Crippen LogP contribution in [0.4, 0.5) is 5.82 Å². The Morgan fingerprint density at radius 2 is 2.04 bits per heavy atom. The average Bonchev–Trinajstić information content (AvgIpc) is 3.15. The second-order valence-corrected chi connectivity index (χ2v) is 6.04. The second-order valence-electron chi connectivity index (χ2n) is 6.04. The lowest BCUT2D eigenvalue weighted by atomic mass is 9.92. The minimum atomic E-state index is -0.286. The van der Waals surface area contributed by atoms with Crippen LogP contribution < -0.4 is 10.2 Å². The van der Waals surface area contributed by atoms with E-state index in [-0.39, 0.29) is 17.9 Å². The SMILES string of the molecule is C#C[C@@H](NC(=O)c1ccc(N2CCCC2)nn1)C1CCOCC1. The smallest absolute Gasteiger partial charge is 0.272 e. The van der Waals surface area contributed by atoms with E-state index >= 15 is 0 Å². The highest BCUT2D eigenvalue weighted by atomic mass is 16.5. The van der Waals surface area contributed by atoms with Crippen molar-refractivity contribution in [2.75, 3.05) is 31.2 Å². The Kier molecular flexibility index (Phi) is 5.09. The third-order valence-corrected chi connectivity index (χ3v) is 4.52. The zero-order valence-electron chi connectivity index (χ0n) is 13.2. The molecule has 122 valence electrons. The summed E-state index contributed by atoms with van der Waals surface area (Å²) in [6.45, 7) is 3.40. The van der Waals surface area contributed by atoms with Crippen molar-refractivity contribution in [3.05, 3.63) is 17.8 Å². The van der Waals surface area contributed by atoms with Crippen molar-refractivity contribution >= 4 is 11.7 Å². The Hall–Kier alpha value is -2.13. The summed E-state index contributed by atoms with van der Waals surface area (Å²) in [6.07, 6.45) is 9.69. The molecule has 2 fully saturated rings. The van der Waals surface area contributed by atoms with Crippen LogP contribution in [0, 0.1) is 18.3 Å². The molecule has 2 saturated heterocycles. The highest BCUT2D eigenvalue weighted by Crippen LogP contribution is 2.19. The Bertz CT molecular complexity index is 569. The summed E-state index contributed by atoms with van der Waals surface area (Å²) in [5, 5.41) is 11.1. The van der Waals surface area contributed by atoms with Crippen LogP contribution in [0.5, 0.6) is 0 Å². The first-order valence-corrected chi connectivity index (χ1v) is 8.21. The van der Waals surface area contributed by atoms with E-state index in [9.17, 15) is 4.79 Å². The number of nitrogens with zero attached hydrogens (tertiary/aromatic N) is 3. The van der Waals surface area contributed by atoms with Crippen LogP contribution in [0.3, 0.4) is 0 Å². The Morgan fingerprint density at radius 1 is 1.30 bits per heavy atom. The van der Waals surface area contributed by atoms with Crippen molar-refractivity contribution in [1.82, 2.24) is 15.5 Å². The van der Waals surface area contributed by atoms with E-state index in [1.807, 2.05) is 6.07 Å². The van der Waals surface area contributed by atoms with E-state index < -0.39 is 0 Å². The number of carbonyl (C=O) groups is 1. The number of rotatable bonds is 4. The molecule has 1 N–H and O–H groups in total. The Morgan fingerprint density at radius 3 is 2.65 bits per heavy atom. The summed E-state index contributed by atoms with van der Waals surface area (Å²) in [7, 11) is 0. The van der Waals surface area contributed by atoms with Crippen LogP contribution >= 0.6 is 0 Å². The van der Waals surface area contributed by atoms with Crippen molar-refractivity contribution in [3.63, 3.8) is 0 Å². The number of hydrogen-bond acceptors (Lipinski definition) is 5. The summed E-state index contributed by atoms with van der Waals surface area (Å²) >= 11 is 0. The van der Waals surface area contributed by atoms with Gasteiger partial charge in [-0.05, 0) is 43.7 Å². The molecule has 2 aliphatic heterocycles. The van der Waals surface area contributed by atoms with Crippen LogP contribution in [0.25, 0.3) is 0 Å². The first-order valence-electron chi connectivity index (χ1n) is 8.21. The molecular weight excluding hydrogens is 292 g/mol. The molecule has 1 amide bonds. The van der Waals surface area contributed by atoms with Gasteiger partial charge in [-0.1, -0.05) is 5.92 Å². The monoisotopic (exact) mass is 314 g/mol. The van der Waals surface area contributed by atoms with Gasteiger partial charge in [-0.15, -0.1) is 16.6 Å². The number of ether oxygens (including phenoxy) is 1. The fourth-order valence-electron chi connectivity index (χ4n) is 3.12. The van der Waals surface area contributed by atoms with Crippen LogP contribution in [0.1, 0.15) is 36.2 Å². The molecule has 1 aromatic heterocycles. The topological polar surface area (TPSA) is 67.4 Å². The Labute approximate surface area is 136 Å². The predicted octanol–water partition coefficient (Wildman–Crippen LogP) is 1.23. The molecular formula is C17H22N4O2. The third kappa shape index (κ3) is 3.80. The van der Waals surface area contributed by atoms with Crippen LogP contribution in [-0.4, -0.2) is 48.4 Å². The number of amides is 1. The first kappa shape index (κ1) is 15.8. The maximum absolute atomic E-state index is 12.3. The van der Waals surface area contributed by atoms with E-state index in [0.29, 0.717) is 18.9 Å². The van der Waals surface area contributed by atoms with Crippen molar-refractivity contribution < 1.29 is 9.53 Å². The number of terminal acetylenes is 1. The van der Waals surface area contributed by atoms with Crippen molar-refractivity contribution in [3.8, 4) is 12.3 Å². The third-order valence-electron chi connectivity index (χ3n) is 4.52. The van der Waals surface area contributed by atoms with Gasteiger partial charge < -0.3 is 15.0 Å². The van der Waals surface area contributed by atoms with E-state index in [4.69, 9.17) is 11.2 Å². The van der Waals surface area contributed by atoms with Crippen LogP contribution in [0.2, 0.25) is 0 Å². The molecule has 0 aromatic carbocycles. The molecule has 0 unspecified atom stereocenters. The van der Waals surface area contributed by atoms with Gasteiger partial charge in [0.2, 0.25) is 0 Å². The maximum atomic E-state index is 12.3. The van der Waals surface area contributed by atoms with E-state index in [1.54, 1.807) is 6.07 Å². The largest absolute Gasteiger partial charge is 0.381 e. The zero-order chi connectivity index (χ0) is 16.1. The molecule has 3 rings (SSSR count). The maximum Gasteiger partial charge on any atom is 0.272 e. The Balaban J connectivity index is 1.61. The molecule has 0 saturated carbocycles. The standard InChI is InChI=1S/C17H22N4O2/c1-2-14(13-7-11-23-12-8-13)18-17(22)15-5-6-16(20-19-15)21-9-3-4-10-21/h1,5-6,13-14H,3-4,7-12H2,(H,18,22)/t14-/m1/s1. The van der Waals surface area contributed by atoms with E-state index in [2.05, 4.69) is 26.3 Å². The first-order chi connectivity index (χ1) is 11.3. The minimum Gasteiger partial charge on any atom is -0.381 e. The number of hydrogen-bond donors (Lipinski definition) is 1. The van der Waals surface area contributed by atoms with Gasteiger partial charge in [0.25, 0.3) is 5.91 Å². The van der Waals surface area contributed by atoms with Gasteiger partial charge in [0, 0.05) is 26.3 Å². The van der Waals surface area contributed by atoms with Gasteiger partial charge >= 0.3 is 0 Å². The molecule has 2 aliphatic rings. The van der Waals surface area contributed by atoms with Crippen LogP contribution in [-0.2, 0) is 4.74 Å². The second kappa shape index (κ2) is 7.42. The lowest BCUT2D eigenvalue weighted by Gasteiger charge is -2.27. The van der Waals surface area contributed by atoms with Gasteiger partial charge in [-0.3, -0.25) is 4.79 Å². The molecule has 3 heterocycles. The van der Waals surface area contributed by atoms with Crippen molar-refractivity contribution in [2.45, 2.75) is 31.7 Å². The summed E-state index contributed by atoms with van der Waals surface area (Å²) in [4.78, 5) is 14.5. The zero-order valence-corrected chi connectivity index (χ0v) is 13.2. The quantitative estimate of drug-likeness (QED) is 0.847. The summed E-state index contributed by atoms with van der Waals surface area (Å²) in [5.74, 6) is 3.51. The summed E-state index contributed by atoms with van der Waals surface area (Å²) < 4.78 is 5.34. The number of anilines is 1. The van der Waals surface area contributed by atoms with Gasteiger partial charge in [0.05, 0.1) is 6.04 Å². The fraction of sp³-hybridized carbons (Fsp3) is 0.588. The van der Waals surface area contributed by atoms with Crippen molar-refractivity contribution in [1.29, 1.82) is 0 Å². The summed E-state index contributed by atoms with van der Waals surface area (Å²) in [6, 6.07) is 3.28. The predicted molar refractivity (Wildman–Crippen MR) is 87.1 cm³/mol. The molecule has 0 radical (unpaired) electrons. The molecule has 1 atom stereocenters. The van der Waals surface area contributed by atoms with Gasteiger partial charge in [-0.25, -0.2) is 0 Å². The molecule has 23 heavy (non-hydrogen) atoms. The minimum absolute atomic E-state index is 0.259. The highest BCUT2D eigenvalue weighted by Gasteiger charge is 2.25. The molecule has 0 spiro atoms. The molecule has 0 bridgehead atoms. The molecule has 6 nitrogen and oxygen atoms in total. The van der Waals surface area contributed by atoms with Gasteiger partial charge in [0.15, 0.2) is 11.5 Å². The van der Waals surface area contributed by atoms with Gasteiger partial charge in [0.1, 0.15) is 0 Å². The lowest BCUT2D eigenvalue weighted by molar-refractivity contribution is 0.0578. The van der Waals surface area contributed by atoms with Crippen molar-refractivity contribution in [2.24, 2.45) is 5.92 Å². The fourth-order valence-corrected chi connectivity index (χ4v) is 3.12. The normalized spacial score (nSPS) is 20.0. The lowest BCUT2D eigenvalue weighted by Crippen LogP contribution is -2.41. The molecule has 0 aliphatic carbocycles. The summed E-state index contributed by atoms with van der Waals surface area (Å²) in [5.41, 5.74) is 0.306. The van der Waals surface area contributed by atoms with Crippen LogP contribution in [0.15, 0.2) is 12.1 Å². The van der Waals surface area contributed by atoms with Gasteiger partial charge in [-0.2, -0.15) is 0 Å². The highest BCUT2D eigenvalue weighted by molar-refractivity contribution is 5.92. The number of carbonyl (C=O) groups excluding carboxylic acids is 1. The number of nitrogens with one attached hydrogen (secondary N) is 1. The average molecular weight is 314 g/mol. The number of aromatic nitrogens is 2. The van der Waals surface area contributed by atoms with E-state index in [1.165, 1.54) is 12.8 Å². The van der Waals surface area contributed by atoms with E-state index in [0.717, 1.165) is 31.7 Å². The molecule has 6 heteroatoms. The molecule has 1 aromatic rings.